The van der Waals surface area contributed by atoms with Crippen molar-refractivity contribution < 1.29 is 4.42 Å². The Kier molecular flexibility index (Phi) is 4.79. The van der Waals surface area contributed by atoms with E-state index in [2.05, 4.69) is 125 Å². The predicted octanol–water partition coefficient (Wildman–Crippen LogP) is 10.2. The maximum atomic E-state index is 6.77. The fourth-order valence-electron chi connectivity index (χ4n) is 6.62. The van der Waals surface area contributed by atoms with Crippen LogP contribution in [0.4, 0.5) is 0 Å². The molecule has 0 amide bonds. The summed E-state index contributed by atoms with van der Waals surface area (Å²) in [5.41, 5.74) is 9.29. The molecule has 4 aromatic heterocycles. The molecule has 42 heavy (non-hydrogen) atoms. The SMILES string of the molecule is C/C=C/c1cc2c(oc3ccc4ccccc4c32)c2c1c1ccccc1n2-c1ccc(-c2cn3ccccc3n2)cc1. The molecule has 4 nitrogen and oxygen atoms in total. The first-order valence-electron chi connectivity index (χ1n) is 14.3. The zero-order chi connectivity index (χ0) is 27.8. The summed E-state index contributed by atoms with van der Waals surface area (Å²) in [5, 5.41) is 7.12. The zero-order valence-corrected chi connectivity index (χ0v) is 23.0. The molecule has 0 saturated heterocycles. The van der Waals surface area contributed by atoms with E-state index in [1.165, 1.54) is 27.1 Å². The fourth-order valence-corrected chi connectivity index (χ4v) is 6.62. The van der Waals surface area contributed by atoms with Crippen molar-refractivity contribution in [3.8, 4) is 16.9 Å². The van der Waals surface area contributed by atoms with Gasteiger partial charge in [0, 0.05) is 45.2 Å². The summed E-state index contributed by atoms with van der Waals surface area (Å²) in [5.74, 6) is 0. The second-order valence-corrected chi connectivity index (χ2v) is 10.8. The lowest BCUT2D eigenvalue weighted by molar-refractivity contribution is 0.671. The molecule has 0 spiro atoms. The number of rotatable bonds is 3. The summed E-state index contributed by atoms with van der Waals surface area (Å²) in [4.78, 5) is 4.83. The molecule has 0 bridgehead atoms. The highest BCUT2D eigenvalue weighted by molar-refractivity contribution is 6.27. The van der Waals surface area contributed by atoms with Crippen molar-refractivity contribution in [1.82, 2.24) is 14.0 Å². The number of fused-ring (bicyclic) bond motifs is 10. The highest BCUT2D eigenvalue weighted by Gasteiger charge is 2.22. The molecule has 0 aliphatic carbocycles. The maximum absolute atomic E-state index is 6.77. The molecule has 0 fully saturated rings. The lowest BCUT2D eigenvalue weighted by Crippen LogP contribution is -1.94. The number of aromatic nitrogens is 3. The van der Waals surface area contributed by atoms with Crippen molar-refractivity contribution in [1.29, 1.82) is 0 Å². The van der Waals surface area contributed by atoms with Gasteiger partial charge in [-0.25, -0.2) is 4.98 Å². The second kappa shape index (κ2) is 8.69. The Bertz CT molecular complexity index is 2490. The van der Waals surface area contributed by atoms with Gasteiger partial charge in [-0.2, -0.15) is 0 Å². The molecule has 4 heteroatoms. The minimum atomic E-state index is 0.904. The molecule has 4 heterocycles. The van der Waals surface area contributed by atoms with Gasteiger partial charge in [0.25, 0.3) is 0 Å². The zero-order valence-electron chi connectivity index (χ0n) is 23.0. The van der Waals surface area contributed by atoms with Crippen molar-refractivity contribution in [3.05, 3.63) is 133 Å². The van der Waals surface area contributed by atoms with Crippen LogP contribution < -0.4 is 0 Å². The standard InChI is InChI=1S/C38H25N3O/c1-2-9-26-22-30-36-28-11-4-3-10-24(28)17-20-33(36)42-38(30)37-35(26)29-12-5-6-13-32(29)41(37)27-18-15-25(16-19-27)31-23-40-21-8-7-14-34(40)39-31/h2-23H,1H3/b9-2+. The first kappa shape index (κ1) is 23.1. The van der Waals surface area contributed by atoms with E-state index in [1.54, 1.807) is 0 Å². The number of furan rings is 1. The van der Waals surface area contributed by atoms with Crippen LogP contribution >= 0.6 is 0 Å². The van der Waals surface area contributed by atoms with Crippen LogP contribution in [-0.2, 0) is 0 Å². The lowest BCUT2D eigenvalue weighted by Gasteiger charge is -2.09. The quantitative estimate of drug-likeness (QED) is 0.224. The molecule has 0 aliphatic rings. The molecule has 5 aromatic carbocycles. The number of hydrogen-bond acceptors (Lipinski definition) is 2. The Morgan fingerprint density at radius 2 is 1.55 bits per heavy atom. The molecule has 0 aliphatic heterocycles. The molecule has 9 rings (SSSR count). The summed E-state index contributed by atoms with van der Waals surface area (Å²) in [6.45, 7) is 2.08. The van der Waals surface area contributed by atoms with E-state index < -0.39 is 0 Å². The van der Waals surface area contributed by atoms with Gasteiger partial charge in [-0.15, -0.1) is 0 Å². The maximum Gasteiger partial charge on any atom is 0.160 e. The molecule has 0 radical (unpaired) electrons. The van der Waals surface area contributed by atoms with Crippen molar-refractivity contribution in [3.63, 3.8) is 0 Å². The highest BCUT2D eigenvalue weighted by Crippen LogP contribution is 2.44. The van der Waals surface area contributed by atoms with Gasteiger partial charge < -0.3 is 13.4 Å². The van der Waals surface area contributed by atoms with Gasteiger partial charge in [-0.05, 0) is 65.7 Å². The third-order valence-corrected chi connectivity index (χ3v) is 8.43. The van der Waals surface area contributed by atoms with E-state index in [9.17, 15) is 0 Å². The monoisotopic (exact) mass is 539 g/mol. The summed E-state index contributed by atoms with van der Waals surface area (Å²) >= 11 is 0. The van der Waals surface area contributed by atoms with E-state index in [4.69, 9.17) is 9.40 Å². The number of hydrogen-bond donors (Lipinski definition) is 0. The molecule has 0 atom stereocenters. The molecule has 0 N–H and O–H groups in total. The van der Waals surface area contributed by atoms with Crippen molar-refractivity contribution in [2.75, 3.05) is 0 Å². The minimum Gasteiger partial charge on any atom is -0.454 e. The van der Waals surface area contributed by atoms with E-state index in [0.717, 1.165) is 55.6 Å². The normalized spacial score (nSPS) is 12.3. The molecular formula is C38H25N3O. The van der Waals surface area contributed by atoms with Crippen LogP contribution in [0.3, 0.4) is 0 Å². The molecule has 0 unspecified atom stereocenters. The van der Waals surface area contributed by atoms with Crippen molar-refractivity contribution >= 4 is 66.2 Å². The van der Waals surface area contributed by atoms with Crippen LogP contribution in [-0.4, -0.2) is 14.0 Å². The van der Waals surface area contributed by atoms with Crippen LogP contribution in [0.25, 0.3) is 83.2 Å². The number of allylic oxidation sites excluding steroid dienone is 1. The van der Waals surface area contributed by atoms with E-state index in [1.807, 2.05) is 24.4 Å². The van der Waals surface area contributed by atoms with Crippen LogP contribution in [0, 0.1) is 0 Å². The second-order valence-electron chi connectivity index (χ2n) is 10.8. The average Bonchev–Trinajstić information content (AvgIpc) is 3.73. The van der Waals surface area contributed by atoms with Gasteiger partial charge in [0.15, 0.2) is 5.58 Å². The average molecular weight is 540 g/mol. The lowest BCUT2D eigenvalue weighted by atomic mass is 9.99. The predicted molar refractivity (Wildman–Crippen MR) is 174 cm³/mol. The van der Waals surface area contributed by atoms with Crippen molar-refractivity contribution in [2.24, 2.45) is 0 Å². The largest absolute Gasteiger partial charge is 0.454 e. The Hall–Kier alpha value is -5.61. The topological polar surface area (TPSA) is 35.4 Å². The minimum absolute atomic E-state index is 0.904. The summed E-state index contributed by atoms with van der Waals surface area (Å²) in [6.07, 6.45) is 8.45. The van der Waals surface area contributed by atoms with Crippen molar-refractivity contribution in [2.45, 2.75) is 6.92 Å². The Balaban J connectivity index is 1.38. The van der Waals surface area contributed by atoms with Gasteiger partial charge in [0.2, 0.25) is 0 Å². The van der Waals surface area contributed by atoms with Crippen LogP contribution in [0.1, 0.15) is 12.5 Å². The fraction of sp³-hybridized carbons (Fsp3) is 0.0263. The first-order valence-corrected chi connectivity index (χ1v) is 14.3. The van der Waals surface area contributed by atoms with E-state index in [-0.39, 0.29) is 0 Å². The third kappa shape index (κ3) is 3.20. The number of para-hydroxylation sites is 1. The van der Waals surface area contributed by atoms with Crippen LogP contribution in [0.2, 0.25) is 0 Å². The number of benzene rings is 5. The van der Waals surface area contributed by atoms with Gasteiger partial charge >= 0.3 is 0 Å². The van der Waals surface area contributed by atoms with E-state index >= 15 is 0 Å². The third-order valence-electron chi connectivity index (χ3n) is 8.43. The summed E-state index contributed by atoms with van der Waals surface area (Å²) in [6, 6.07) is 38.5. The van der Waals surface area contributed by atoms with Gasteiger partial charge in [0.05, 0.1) is 16.7 Å². The Morgan fingerprint density at radius 3 is 2.40 bits per heavy atom. The summed E-state index contributed by atoms with van der Waals surface area (Å²) in [7, 11) is 0. The Morgan fingerprint density at radius 1 is 0.738 bits per heavy atom. The smallest absolute Gasteiger partial charge is 0.160 e. The van der Waals surface area contributed by atoms with Gasteiger partial charge in [-0.1, -0.05) is 78.9 Å². The van der Waals surface area contributed by atoms with E-state index in [0.29, 0.717) is 0 Å². The number of nitrogens with zero attached hydrogens (tertiary/aromatic N) is 3. The van der Waals surface area contributed by atoms with Crippen LogP contribution in [0.5, 0.6) is 0 Å². The van der Waals surface area contributed by atoms with Gasteiger partial charge in [-0.3, -0.25) is 0 Å². The number of pyridine rings is 1. The number of imidazole rings is 1. The Labute approximate surface area is 241 Å². The molecule has 0 saturated carbocycles. The summed E-state index contributed by atoms with van der Waals surface area (Å²) < 4.78 is 11.2. The van der Waals surface area contributed by atoms with Crippen LogP contribution in [0.15, 0.2) is 132 Å². The first-order chi connectivity index (χ1) is 20.8. The molecule has 198 valence electrons. The molecular weight excluding hydrogens is 514 g/mol. The highest BCUT2D eigenvalue weighted by atomic mass is 16.3. The van der Waals surface area contributed by atoms with Gasteiger partial charge in [0.1, 0.15) is 11.2 Å². The molecule has 9 aromatic rings.